The molecule has 6 heteroatoms. The molecule has 1 spiro atoms. The quantitative estimate of drug-likeness (QED) is 0.720. The Morgan fingerprint density at radius 1 is 1.41 bits per heavy atom. The van der Waals surface area contributed by atoms with Crippen LogP contribution in [-0.4, -0.2) is 41.0 Å². The van der Waals surface area contributed by atoms with E-state index < -0.39 is 5.91 Å². The molecule has 2 heterocycles. The number of amides is 1. The van der Waals surface area contributed by atoms with Crippen LogP contribution in [0.3, 0.4) is 0 Å². The SMILES string of the molecule is NC(=O)c1cnc(N2CCNC3(CC3)C2)nc1. The molecule has 3 N–H and O–H groups in total. The molecular weight excluding hydrogens is 218 g/mol. The molecule has 1 aromatic rings. The first kappa shape index (κ1) is 10.5. The van der Waals surface area contributed by atoms with Gasteiger partial charge in [0.25, 0.3) is 5.91 Å². The fourth-order valence-electron chi connectivity index (χ4n) is 2.22. The van der Waals surface area contributed by atoms with Crippen LogP contribution in [0, 0.1) is 0 Å². The third-order valence-electron chi connectivity index (χ3n) is 3.43. The summed E-state index contributed by atoms with van der Waals surface area (Å²) in [6.45, 7) is 2.81. The van der Waals surface area contributed by atoms with Crippen molar-refractivity contribution in [3.8, 4) is 0 Å². The van der Waals surface area contributed by atoms with Crippen molar-refractivity contribution >= 4 is 11.9 Å². The fourth-order valence-corrected chi connectivity index (χ4v) is 2.22. The minimum absolute atomic E-state index is 0.296. The van der Waals surface area contributed by atoms with Crippen LogP contribution < -0.4 is 16.0 Å². The summed E-state index contributed by atoms with van der Waals surface area (Å²) >= 11 is 0. The molecule has 6 nitrogen and oxygen atoms in total. The Bertz CT molecular complexity index is 440. The zero-order valence-electron chi connectivity index (χ0n) is 9.52. The lowest BCUT2D eigenvalue weighted by atomic mass is 10.2. The van der Waals surface area contributed by atoms with E-state index in [9.17, 15) is 4.79 Å². The summed E-state index contributed by atoms with van der Waals surface area (Å²) in [7, 11) is 0. The lowest BCUT2D eigenvalue weighted by molar-refractivity contribution is 0.0999. The van der Waals surface area contributed by atoms with Crippen LogP contribution in [0.1, 0.15) is 23.2 Å². The van der Waals surface area contributed by atoms with Crippen molar-refractivity contribution < 1.29 is 4.79 Å². The predicted octanol–water partition coefficient (Wildman–Crippen LogP) is -0.482. The van der Waals surface area contributed by atoms with Crippen molar-refractivity contribution in [2.45, 2.75) is 18.4 Å². The van der Waals surface area contributed by atoms with Gasteiger partial charge in [0, 0.05) is 37.6 Å². The molecule has 1 aromatic heterocycles. The van der Waals surface area contributed by atoms with E-state index in [1.54, 1.807) is 0 Å². The molecule has 1 aliphatic heterocycles. The van der Waals surface area contributed by atoms with E-state index in [1.165, 1.54) is 25.2 Å². The van der Waals surface area contributed by atoms with Gasteiger partial charge in [0.15, 0.2) is 0 Å². The highest BCUT2D eigenvalue weighted by atomic mass is 16.1. The summed E-state index contributed by atoms with van der Waals surface area (Å²) in [5, 5.41) is 3.53. The third-order valence-corrected chi connectivity index (χ3v) is 3.43. The third kappa shape index (κ3) is 1.95. The number of aromatic nitrogens is 2. The van der Waals surface area contributed by atoms with Gasteiger partial charge < -0.3 is 16.0 Å². The van der Waals surface area contributed by atoms with Gasteiger partial charge in [-0.05, 0) is 12.8 Å². The molecule has 1 saturated carbocycles. The Kier molecular flexibility index (Phi) is 2.25. The number of rotatable bonds is 2. The molecule has 0 bridgehead atoms. The van der Waals surface area contributed by atoms with Gasteiger partial charge in [-0.1, -0.05) is 0 Å². The summed E-state index contributed by atoms with van der Waals surface area (Å²) in [6, 6.07) is 0. The number of carbonyl (C=O) groups excluding carboxylic acids is 1. The second kappa shape index (κ2) is 3.66. The maximum absolute atomic E-state index is 10.9. The molecule has 1 aliphatic carbocycles. The van der Waals surface area contributed by atoms with Gasteiger partial charge in [-0.15, -0.1) is 0 Å². The summed E-state index contributed by atoms with van der Waals surface area (Å²) in [5.41, 5.74) is 5.80. The monoisotopic (exact) mass is 233 g/mol. The van der Waals surface area contributed by atoms with Gasteiger partial charge in [0.2, 0.25) is 5.95 Å². The molecule has 0 atom stereocenters. The number of anilines is 1. The molecule has 0 aromatic carbocycles. The van der Waals surface area contributed by atoms with E-state index in [0.717, 1.165) is 19.6 Å². The van der Waals surface area contributed by atoms with Crippen LogP contribution in [0.15, 0.2) is 12.4 Å². The average molecular weight is 233 g/mol. The lowest BCUT2D eigenvalue weighted by Crippen LogP contribution is -2.53. The number of carbonyl (C=O) groups is 1. The summed E-state index contributed by atoms with van der Waals surface area (Å²) in [4.78, 5) is 21.5. The minimum Gasteiger partial charge on any atom is -0.366 e. The summed E-state index contributed by atoms with van der Waals surface area (Å²) in [6.07, 6.45) is 5.43. The van der Waals surface area contributed by atoms with Crippen LogP contribution in [0.25, 0.3) is 0 Å². The van der Waals surface area contributed by atoms with E-state index in [2.05, 4.69) is 20.2 Å². The normalized spacial score (nSPS) is 21.5. The van der Waals surface area contributed by atoms with E-state index in [-0.39, 0.29) is 0 Å². The van der Waals surface area contributed by atoms with Gasteiger partial charge >= 0.3 is 0 Å². The van der Waals surface area contributed by atoms with Gasteiger partial charge in [-0.2, -0.15) is 0 Å². The average Bonchev–Trinajstić information content (AvgIpc) is 3.08. The van der Waals surface area contributed by atoms with E-state index >= 15 is 0 Å². The Balaban J connectivity index is 1.77. The molecule has 0 unspecified atom stereocenters. The molecular formula is C11H15N5O. The molecule has 2 aliphatic rings. The molecule has 3 rings (SSSR count). The van der Waals surface area contributed by atoms with Crippen molar-refractivity contribution in [3.63, 3.8) is 0 Å². The largest absolute Gasteiger partial charge is 0.366 e. The fraction of sp³-hybridized carbons (Fsp3) is 0.545. The van der Waals surface area contributed by atoms with Crippen LogP contribution in [0.2, 0.25) is 0 Å². The molecule has 1 saturated heterocycles. The van der Waals surface area contributed by atoms with Gasteiger partial charge in [-0.3, -0.25) is 4.79 Å². The van der Waals surface area contributed by atoms with Crippen molar-refractivity contribution in [1.29, 1.82) is 0 Å². The van der Waals surface area contributed by atoms with Gasteiger partial charge in [-0.25, -0.2) is 9.97 Å². The van der Waals surface area contributed by atoms with Gasteiger partial charge in [0.05, 0.1) is 5.56 Å². The Hall–Kier alpha value is -1.69. The smallest absolute Gasteiger partial charge is 0.251 e. The predicted molar refractivity (Wildman–Crippen MR) is 62.7 cm³/mol. The van der Waals surface area contributed by atoms with E-state index in [0.29, 0.717) is 17.1 Å². The first-order chi connectivity index (χ1) is 8.19. The number of nitrogens with zero attached hydrogens (tertiary/aromatic N) is 3. The topological polar surface area (TPSA) is 84.1 Å². The Labute approximate surface area is 99.2 Å². The van der Waals surface area contributed by atoms with Crippen molar-refractivity contribution in [2.75, 3.05) is 24.5 Å². The standard InChI is InChI=1S/C11H15N5O/c12-9(17)8-5-13-10(14-6-8)16-4-3-15-11(7-16)1-2-11/h5-6,15H,1-4,7H2,(H2,12,17). The van der Waals surface area contributed by atoms with Crippen LogP contribution >= 0.6 is 0 Å². The molecule has 1 amide bonds. The van der Waals surface area contributed by atoms with E-state index in [4.69, 9.17) is 5.73 Å². The highest BCUT2D eigenvalue weighted by Crippen LogP contribution is 2.38. The van der Waals surface area contributed by atoms with Crippen LogP contribution in [0.5, 0.6) is 0 Å². The minimum atomic E-state index is -0.490. The summed E-state index contributed by atoms with van der Waals surface area (Å²) in [5.74, 6) is 0.193. The maximum Gasteiger partial charge on any atom is 0.251 e. The maximum atomic E-state index is 10.9. The molecule has 0 radical (unpaired) electrons. The molecule has 17 heavy (non-hydrogen) atoms. The van der Waals surface area contributed by atoms with Crippen LogP contribution in [-0.2, 0) is 0 Å². The van der Waals surface area contributed by atoms with Crippen molar-refractivity contribution in [1.82, 2.24) is 15.3 Å². The lowest BCUT2D eigenvalue weighted by Gasteiger charge is -2.33. The Morgan fingerprint density at radius 2 is 2.12 bits per heavy atom. The molecule has 2 fully saturated rings. The highest BCUT2D eigenvalue weighted by Gasteiger charge is 2.45. The Morgan fingerprint density at radius 3 is 2.71 bits per heavy atom. The number of piperazine rings is 1. The number of nitrogens with one attached hydrogen (secondary N) is 1. The summed E-state index contributed by atoms with van der Waals surface area (Å²) < 4.78 is 0. The molecule has 90 valence electrons. The van der Waals surface area contributed by atoms with Gasteiger partial charge in [0.1, 0.15) is 0 Å². The number of hydrogen-bond acceptors (Lipinski definition) is 5. The number of nitrogens with two attached hydrogens (primary N) is 1. The number of hydrogen-bond donors (Lipinski definition) is 2. The second-order valence-electron chi connectivity index (χ2n) is 4.76. The second-order valence-corrected chi connectivity index (χ2v) is 4.76. The first-order valence-electron chi connectivity index (χ1n) is 5.80. The first-order valence-corrected chi connectivity index (χ1v) is 5.80. The highest BCUT2D eigenvalue weighted by molar-refractivity contribution is 5.92. The van der Waals surface area contributed by atoms with Crippen molar-refractivity contribution in [2.24, 2.45) is 5.73 Å². The van der Waals surface area contributed by atoms with E-state index in [1.807, 2.05) is 0 Å². The van der Waals surface area contributed by atoms with Crippen LogP contribution in [0.4, 0.5) is 5.95 Å². The zero-order chi connectivity index (χ0) is 11.9. The zero-order valence-corrected chi connectivity index (χ0v) is 9.52. The van der Waals surface area contributed by atoms with Crippen molar-refractivity contribution in [3.05, 3.63) is 18.0 Å². The number of primary amides is 1.